The highest BCUT2D eigenvalue weighted by Crippen LogP contribution is 2.56. The zero-order chi connectivity index (χ0) is 20.7. The largest absolute Gasteiger partial charge is 0.493 e. The molecule has 6 heteroatoms. The molecule has 4 rings (SSSR count). The van der Waals surface area contributed by atoms with Crippen LogP contribution in [0.15, 0.2) is 12.1 Å². The summed E-state index contributed by atoms with van der Waals surface area (Å²) in [7, 11) is 6.58. The van der Waals surface area contributed by atoms with Crippen molar-refractivity contribution in [3.63, 3.8) is 0 Å². The van der Waals surface area contributed by atoms with Crippen molar-refractivity contribution >= 4 is 0 Å². The van der Waals surface area contributed by atoms with Crippen LogP contribution in [0.1, 0.15) is 25.0 Å². The van der Waals surface area contributed by atoms with Crippen LogP contribution in [0, 0.1) is 11.8 Å². The quantitative estimate of drug-likeness (QED) is 0.754. The van der Waals surface area contributed by atoms with E-state index in [4.69, 9.17) is 28.4 Å². The zero-order valence-electron chi connectivity index (χ0n) is 17.9. The molecule has 0 fully saturated rings. The van der Waals surface area contributed by atoms with Gasteiger partial charge >= 0.3 is 0 Å². The molecular weight excluding hydrogens is 372 g/mol. The van der Waals surface area contributed by atoms with E-state index in [-0.39, 0.29) is 6.79 Å². The first-order valence-electron chi connectivity index (χ1n) is 9.85. The lowest BCUT2D eigenvalue weighted by Crippen LogP contribution is -2.18. The third-order valence-electron chi connectivity index (χ3n) is 6.13. The third kappa shape index (κ3) is 3.02. The normalized spacial score (nSPS) is 19.5. The Bertz CT molecular complexity index is 936. The van der Waals surface area contributed by atoms with Gasteiger partial charge in [0.15, 0.2) is 23.0 Å². The second-order valence-electron chi connectivity index (χ2n) is 7.72. The standard InChI is InChI=1S/C23H28O6/c1-12-7-14-9-16(24-3)20(26-5)22(27-6)18(14)19-15(8-13(12)2)10-17(25-4)21-23(19)29-11-28-21/h9-10,12-13H,7-8,11H2,1-6H3/t12-,13+/m1/s1. The molecule has 2 atom stereocenters. The number of rotatable bonds is 4. The SMILES string of the molecule is COc1cc2c(c(OC)c1OC)-c1c(cc(OC)c3c1OCO3)C[C@H](C)[C@H](C)C2. The average Bonchev–Trinajstić information content (AvgIpc) is 3.21. The topological polar surface area (TPSA) is 55.4 Å². The zero-order valence-corrected chi connectivity index (χ0v) is 17.9. The van der Waals surface area contributed by atoms with Gasteiger partial charge in [0.2, 0.25) is 18.3 Å². The van der Waals surface area contributed by atoms with E-state index >= 15 is 0 Å². The third-order valence-corrected chi connectivity index (χ3v) is 6.13. The molecule has 2 aromatic carbocycles. The van der Waals surface area contributed by atoms with Crippen molar-refractivity contribution in [2.45, 2.75) is 26.7 Å². The van der Waals surface area contributed by atoms with E-state index in [0.29, 0.717) is 46.3 Å². The molecule has 0 amide bonds. The van der Waals surface area contributed by atoms with Crippen LogP contribution in [0.5, 0.6) is 34.5 Å². The monoisotopic (exact) mass is 400 g/mol. The molecule has 29 heavy (non-hydrogen) atoms. The Morgan fingerprint density at radius 1 is 0.690 bits per heavy atom. The minimum Gasteiger partial charge on any atom is -0.493 e. The number of hydrogen-bond donors (Lipinski definition) is 0. The smallest absolute Gasteiger partial charge is 0.231 e. The predicted octanol–water partition coefficient (Wildman–Crippen LogP) is 4.49. The number of benzene rings is 2. The Morgan fingerprint density at radius 3 is 1.83 bits per heavy atom. The number of hydrogen-bond acceptors (Lipinski definition) is 6. The molecule has 0 radical (unpaired) electrons. The van der Waals surface area contributed by atoms with E-state index in [2.05, 4.69) is 26.0 Å². The maximum absolute atomic E-state index is 5.95. The van der Waals surface area contributed by atoms with Crippen molar-refractivity contribution in [1.82, 2.24) is 0 Å². The van der Waals surface area contributed by atoms with Gasteiger partial charge < -0.3 is 28.4 Å². The van der Waals surface area contributed by atoms with E-state index in [1.165, 1.54) is 0 Å². The van der Waals surface area contributed by atoms with Gasteiger partial charge in [-0.05, 0) is 47.9 Å². The van der Waals surface area contributed by atoms with Crippen molar-refractivity contribution in [2.24, 2.45) is 11.8 Å². The molecule has 1 aliphatic carbocycles. The van der Waals surface area contributed by atoms with Gasteiger partial charge in [-0.25, -0.2) is 0 Å². The lowest BCUT2D eigenvalue weighted by Gasteiger charge is -2.29. The van der Waals surface area contributed by atoms with Gasteiger partial charge in [-0.3, -0.25) is 0 Å². The fourth-order valence-electron chi connectivity index (χ4n) is 4.41. The Morgan fingerprint density at radius 2 is 1.24 bits per heavy atom. The molecule has 1 aliphatic heterocycles. The van der Waals surface area contributed by atoms with E-state index in [1.807, 2.05) is 0 Å². The summed E-state index contributed by atoms with van der Waals surface area (Å²) < 4.78 is 34.5. The van der Waals surface area contributed by atoms with Crippen molar-refractivity contribution in [3.8, 4) is 45.6 Å². The second kappa shape index (κ2) is 7.58. The van der Waals surface area contributed by atoms with Gasteiger partial charge in [0, 0.05) is 11.1 Å². The lowest BCUT2D eigenvalue weighted by molar-refractivity contribution is 0.171. The van der Waals surface area contributed by atoms with Crippen molar-refractivity contribution in [3.05, 3.63) is 23.3 Å². The summed E-state index contributed by atoms with van der Waals surface area (Å²) in [6, 6.07) is 4.12. The Balaban J connectivity index is 2.11. The number of ether oxygens (including phenoxy) is 6. The van der Waals surface area contributed by atoms with Crippen LogP contribution in [-0.4, -0.2) is 35.2 Å². The van der Waals surface area contributed by atoms with Crippen LogP contribution in [0.2, 0.25) is 0 Å². The molecule has 0 saturated heterocycles. The van der Waals surface area contributed by atoms with Gasteiger partial charge in [-0.15, -0.1) is 0 Å². The van der Waals surface area contributed by atoms with Gasteiger partial charge in [0.05, 0.1) is 28.4 Å². The van der Waals surface area contributed by atoms with Gasteiger partial charge in [0.1, 0.15) is 0 Å². The number of fused-ring (bicyclic) bond motifs is 5. The van der Waals surface area contributed by atoms with Crippen molar-refractivity contribution < 1.29 is 28.4 Å². The van der Waals surface area contributed by atoms with Crippen LogP contribution in [0.4, 0.5) is 0 Å². The maximum atomic E-state index is 5.95. The first-order valence-corrected chi connectivity index (χ1v) is 9.85. The van der Waals surface area contributed by atoms with E-state index in [0.717, 1.165) is 35.1 Å². The van der Waals surface area contributed by atoms with Crippen molar-refractivity contribution in [2.75, 3.05) is 35.2 Å². The van der Waals surface area contributed by atoms with Gasteiger partial charge in [-0.1, -0.05) is 13.8 Å². The summed E-state index contributed by atoms with van der Waals surface area (Å²) >= 11 is 0. The molecule has 2 aliphatic rings. The second-order valence-corrected chi connectivity index (χ2v) is 7.72. The molecule has 0 saturated carbocycles. The minimum absolute atomic E-state index is 0.166. The lowest BCUT2D eigenvalue weighted by atomic mass is 9.77. The summed E-state index contributed by atoms with van der Waals surface area (Å²) in [5, 5.41) is 0. The number of methoxy groups -OCH3 is 4. The molecule has 156 valence electrons. The summed E-state index contributed by atoms with van der Waals surface area (Å²) in [4.78, 5) is 0. The van der Waals surface area contributed by atoms with Crippen LogP contribution in [0.25, 0.3) is 11.1 Å². The summed E-state index contributed by atoms with van der Waals surface area (Å²) in [5.74, 6) is 4.86. The summed E-state index contributed by atoms with van der Waals surface area (Å²) in [5.41, 5.74) is 4.26. The van der Waals surface area contributed by atoms with Gasteiger partial charge in [-0.2, -0.15) is 0 Å². The average molecular weight is 400 g/mol. The Kier molecular flexibility index (Phi) is 5.11. The maximum Gasteiger partial charge on any atom is 0.231 e. The molecule has 0 spiro atoms. The summed E-state index contributed by atoms with van der Waals surface area (Å²) in [6.07, 6.45) is 1.80. The summed E-state index contributed by atoms with van der Waals surface area (Å²) in [6.45, 7) is 4.74. The molecule has 0 unspecified atom stereocenters. The fourth-order valence-corrected chi connectivity index (χ4v) is 4.41. The molecule has 0 aromatic heterocycles. The molecule has 1 heterocycles. The minimum atomic E-state index is 0.166. The van der Waals surface area contributed by atoms with Crippen LogP contribution < -0.4 is 28.4 Å². The highest BCUT2D eigenvalue weighted by atomic mass is 16.7. The fraction of sp³-hybridized carbons (Fsp3) is 0.478. The molecule has 6 nitrogen and oxygen atoms in total. The Hall–Kier alpha value is -2.76. The molecule has 0 N–H and O–H groups in total. The van der Waals surface area contributed by atoms with E-state index < -0.39 is 0 Å². The van der Waals surface area contributed by atoms with Gasteiger partial charge in [0.25, 0.3) is 0 Å². The highest BCUT2D eigenvalue weighted by molar-refractivity contribution is 5.88. The van der Waals surface area contributed by atoms with Crippen molar-refractivity contribution in [1.29, 1.82) is 0 Å². The van der Waals surface area contributed by atoms with Crippen LogP contribution in [0.3, 0.4) is 0 Å². The highest BCUT2D eigenvalue weighted by Gasteiger charge is 2.34. The first kappa shape index (κ1) is 19.6. The molecular formula is C23H28O6. The van der Waals surface area contributed by atoms with E-state index in [1.54, 1.807) is 28.4 Å². The Labute approximate surface area is 171 Å². The first-order chi connectivity index (χ1) is 14.0. The van der Waals surface area contributed by atoms with E-state index in [9.17, 15) is 0 Å². The van der Waals surface area contributed by atoms with Crippen LogP contribution in [-0.2, 0) is 12.8 Å². The predicted molar refractivity (Wildman–Crippen MR) is 110 cm³/mol. The molecule has 0 bridgehead atoms. The molecule has 2 aromatic rings. The van der Waals surface area contributed by atoms with Crippen LogP contribution >= 0.6 is 0 Å².